The molecule has 0 N–H and O–H groups in total. The first-order chi connectivity index (χ1) is 19.9. The molecule has 206 valence electrons. The van der Waals surface area contributed by atoms with Gasteiger partial charge in [-0.2, -0.15) is 0 Å². The Morgan fingerprint density at radius 3 is 2.44 bits per heavy atom. The number of fused-ring (bicyclic) bond motifs is 2. The Hall–Kier alpha value is -4.26. The van der Waals surface area contributed by atoms with Crippen molar-refractivity contribution in [3.05, 3.63) is 133 Å². The van der Waals surface area contributed by atoms with Gasteiger partial charge in [-0.3, -0.25) is 14.5 Å². The summed E-state index contributed by atoms with van der Waals surface area (Å²) >= 11 is 12.7. The monoisotopic (exact) mass is 585 g/mol. The van der Waals surface area contributed by atoms with Gasteiger partial charge in [0.05, 0.1) is 23.6 Å². The number of aryl methyl sites for hydroxylation is 1. The van der Waals surface area contributed by atoms with Gasteiger partial charge >= 0.3 is 0 Å². The lowest BCUT2D eigenvalue weighted by Gasteiger charge is -2.26. The average Bonchev–Trinajstić information content (AvgIpc) is 3.27. The highest BCUT2D eigenvalue weighted by Crippen LogP contribution is 2.44. The van der Waals surface area contributed by atoms with E-state index in [0.717, 1.165) is 11.1 Å². The lowest BCUT2D eigenvalue weighted by atomic mass is 9.97. The van der Waals surface area contributed by atoms with Crippen LogP contribution in [0.15, 0.2) is 94.1 Å². The first kappa shape index (κ1) is 26.9. The zero-order chi connectivity index (χ0) is 28.7. The van der Waals surface area contributed by atoms with Crippen LogP contribution in [-0.2, 0) is 6.61 Å². The fourth-order valence-electron chi connectivity index (χ4n) is 5.08. The number of amides is 1. The largest absolute Gasteiger partial charge is 0.490 e. The standard InChI is InChI=1S/C33H25Cl2NO5/c1-3-39-28-15-21(10-13-27(28)40-18-20-7-5-4-6-8-20)30-29-31(37)24-16-22(34)11-14-26(24)41-32(29)33(38)36(30)23-12-9-19(2)25(35)17-23/h4-17,30H,3,18H2,1-2H3. The van der Waals surface area contributed by atoms with E-state index in [0.29, 0.717) is 51.4 Å². The normalized spacial score (nSPS) is 14.4. The van der Waals surface area contributed by atoms with Gasteiger partial charge in [-0.1, -0.05) is 65.7 Å². The number of carbonyl (C=O) groups is 1. The van der Waals surface area contributed by atoms with E-state index in [4.69, 9.17) is 37.1 Å². The fourth-order valence-corrected chi connectivity index (χ4v) is 5.42. The third-order valence-electron chi connectivity index (χ3n) is 7.09. The minimum absolute atomic E-state index is 0.0196. The molecule has 1 unspecified atom stereocenters. The molecule has 1 amide bonds. The quantitative estimate of drug-likeness (QED) is 0.193. The van der Waals surface area contributed by atoms with Gasteiger partial charge in [0, 0.05) is 15.7 Å². The average molecular weight is 586 g/mol. The molecule has 1 aliphatic rings. The maximum Gasteiger partial charge on any atom is 0.295 e. The van der Waals surface area contributed by atoms with Crippen LogP contribution in [0.4, 0.5) is 5.69 Å². The van der Waals surface area contributed by atoms with Crippen LogP contribution in [0.1, 0.15) is 45.8 Å². The number of anilines is 1. The summed E-state index contributed by atoms with van der Waals surface area (Å²) in [5.74, 6) is 0.582. The molecule has 2 heterocycles. The first-order valence-corrected chi connectivity index (χ1v) is 13.9. The van der Waals surface area contributed by atoms with Gasteiger partial charge in [-0.05, 0) is 73.0 Å². The molecule has 0 spiro atoms. The summed E-state index contributed by atoms with van der Waals surface area (Å²) in [6, 6.07) is 24.6. The molecule has 1 aliphatic heterocycles. The van der Waals surface area contributed by atoms with Crippen molar-refractivity contribution in [2.75, 3.05) is 11.5 Å². The van der Waals surface area contributed by atoms with Gasteiger partial charge in [-0.25, -0.2) is 0 Å². The van der Waals surface area contributed by atoms with E-state index in [1.165, 1.54) is 4.90 Å². The molecule has 41 heavy (non-hydrogen) atoms. The van der Waals surface area contributed by atoms with E-state index >= 15 is 0 Å². The van der Waals surface area contributed by atoms with E-state index in [-0.39, 0.29) is 22.3 Å². The van der Waals surface area contributed by atoms with Crippen LogP contribution >= 0.6 is 23.2 Å². The summed E-state index contributed by atoms with van der Waals surface area (Å²) in [6.07, 6.45) is 0. The Morgan fingerprint density at radius 2 is 1.68 bits per heavy atom. The first-order valence-electron chi connectivity index (χ1n) is 13.1. The molecule has 1 atom stereocenters. The number of ether oxygens (including phenoxy) is 2. The molecule has 0 bridgehead atoms. The number of benzene rings is 4. The molecule has 0 radical (unpaired) electrons. The van der Waals surface area contributed by atoms with Crippen LogP contribution in [0.5, 0.6) is 11.5 Å². The van der Waals surface area contributed by atoms with Crippen molar-refractivity contribution >= 4 is 45.8 Å². The summed E-state index contributed by atoms with van der Waals surface area (Å²) in [7, 11) is 0. The highest BCUT2D eigenvalue weighted by atomic mass is 35.5. The Morgan fingerprint density at radius 1 is 0.878 bits per heavy atom. The predicted molar refractivity (Wildman–Crippen MR) is 161 cm³/mol. The van der Waals surface area contributed by atoms with Crippen LogP contribution in [0.3, 0.4) is 0 Å². The summed E-state index contributed by atoms with van der Waals surface area (Å²) in [5.41, 5.74) is 3.24. The molecule has 8 heteroatoms. The van der Waals surface area contributed by atoms with Crippen molar-refractivity contribution in [2.45, 2.75) is 26.5 Å². The Bertz CT molecular complexity index is 1850. The van der Waals surface area contributed by atoms with Crippen molar-refractivity contribution in [1.82, 2.24) is 0 Å². The van der Waals surface area contributed by atoms with Gasteiger partial charge in [0.15, 0.2) is 16.9 Å². The van der Waals surface area contributed by atoms with Crippen LogP contribution in [0, 0.1) is 6.92 Å². The topological polar surface area (TPSA) is 69.0 Å². The van der Waals surface area contributed by atoms with E-state index in [1.54, 1.807) is 42.5 Å². The molecule has 0 saturated heterocycles. The van der Waals surface area contributed by atoms with E-state index in [1.807, 2.05) is 56.3 Å². The smallest absolute Gasteiger partial charge is 0.295 e. The Labute approximate surface area is 246 Å². The summed E-state index contributed by atoms with van der Waals surface area (Å²) in [6.45, 7) is 4.52. The number of nitrogens with zero attached hydrogens (tertiary/aromatic N) is 1. The van der Waals surface area contributed by atoms with Gasteiger partial charge in [0.1, 0.15) is 12.2 Å². The molecule has 5 aromatic rings. The van der Waals surface area contributed by atoms with Crippen LogP contribution in [-0.4, -0.2) is 12.5 Å². The van der Waals surface area contributed by atoms with Crippen molar-refractivity contribution in [3.8, 4) is 11.5 Å². The van der Waals surface area contributed by atoms with Crippen molar-refractivity contribution < 1.29 is 18.7 Å². The third-order valence-corrected chi connectivity index (χ3v) is 7.73. The number of halogens is 2. The molecule has 1 aromatic heterocycles. The minimum Gasteiger partial charge on any atom is -0.490 e. The molecule has 0 aliphatic carbocycles. The Balaban J connectivity index is 1.51. The lowest BCUT2D eigenvalue weighted by molar-refractivity contribution is 0.0971. The molecule has 0 fully saturated rings. The maximum absolute atomic E-state index is 14.0. The SMILES string of the molecule is CCOc1cc(C2c3c(oc4ccc(Cl)cc4c3=O)C(=O)N2c2ccc(C)c(Cl)c2)ccc1OCc1ccccc1. The predicted octanol–water partition coefficient (Wildman–Crippen LogP) is 8.14. The van der Waals surface area contributed by atoms with Gasteiger partial charge in [0.2, 0.25) is 5.76 Å². The number of hydrogen-bond donors (Lipinski definition) is 0. The number of hydrogen-bond acceptors (Lipinski definition) is 5. The zero-order valence-electron chi connectivity index (χ0n) is 22.3. The summed E-state index contributed by atoms with van der Waals surface area (Å²) < 4.78 is 18.1. The van der Waals surface area contributed by atoms with Gasteiger partial charge in [-0.15, -0.1) is 0 Å². The highest BCUT2D eigenvalue weighted by Gasteiger charge is 2.44. The van der Waals surface area contributed by atoms with Gasteiger partial charge in [0.25, 0.3) is 5.91 Å². The second-order valence-electron chi connectivity index (χ2n) is 9.74. The molecule has 6 rings (SSSR count). The second kappa shape index (κ2) is 11.0. The third kappa shape index (κ3) is 4.94. The van der Waals surface area contributed by atoms with Crippen LogP contribution in [0.25, 0.3) is 11.0 Å². The number of rotatable bonds is 7. The van der Waals surface area contributed by atoms with Gasteiger partial charge < -0.3 is 13.9 Å². The fraction of sp³-hybridized carbons (Fsp3) is 0.152. The summed E-state index contributed by atoms with van der Waals surface area (Å²) in [5, 5.41) is 1.19. The summed E-state index contributed by atoms with van der Waals surface area (Å²) in [4.78, 5) is 29.4. The van der Waals surface area contributed by atoms with E-state index < -0.39 is 11.9 Å². The molecular formula is C33H25Cl2NO5. The maximum atomic E-state index is 14.0. The molecule has 6 nitrogen and oxygen atoms in total. The molecular weight excluding hydrogens is 561 g/mol. The van der Waals surface area contributed by atoms with Crippen LogP contribution < -0.4 is 19.8 Å². The Kier molecular flexibility index (Phi) is 7.20. The van der Waals surface area contributed by atoms with Crippen molar-refractivity contribution in [1.29, 1.82) is 0 Å². The van der Waals surface area contributed by atoms with Crippen LogP contribution in [0.2, 0.25) is 10.0 Å². The van der Waals surface area contributed by atoms with Crippen molar-refractivity contribution in [3.63, 3.8) is 0 Å². The second-order valence-corrected chi connectivity index (χ2v) is 10.6. The molecule has 0 saturated carbocycles. The minimum atomic E-state index is -0.807. The number of carbonyl (C=O) groups excluding carboxylic acids is 1. The van der Waals surface area contributed by atoms with E-state index in [9.17, 15) is 9.59 Å². The highest BCUT2D eigenvalue weighted by molar-refractivity contribution is 6.32. The van der Waals surface area contributed by atoms with E-state index in [2.05, 4.69) is 0 Å². The zero-order valence-corrected chi connectivity index (χ0v) is 23.8. The lowest BCUT2D eigenvalue weighted by Crippen LogP contribution is -2.29. The molecule has 4 aromatic carbocycles. The van der Waals surface area contributed by atoms with Crippen molar-refractivity contribution in [2.24, 2.45) is 0 Å².